The molecule has 0 spiro atoms. The van der Waals surface area contributed by atoms with Crippen LogP contribution in [0, 0.1) is 0 Å². The van der Waals surface area contributed by atoms with E-state index in [1.165, 1.54) is 0 Å². The summed E-state index contributed by atoms with van der Waals surface area (Å²) in [4.78, 5) is 23.4. The number of carbonyl (C=O) groups is 2. The Morgan fingerprint density at radius 3 is 2.60 bits per heavy atom. The van der Waals surface area contributed by atoms with Crippen molar-refractivity contribution in [2.24, 2.45) is 0 Å². The fraction of sp³-hybridized carbons (Fsp3) is 0.846. The van der Waals surface area contributed by atoms with Gasteiger partial charge in [0.1, 0.15) is 18.3 Å². The van der Waals surface area contributed by atoms with Crippen molar-refractivity contribution < 1.29 is 28.5 Å². The smallest absolute Gasteiger partial charge is 0.408 e. The van der Waals surface area contributed by atoms with Gasteiger partial charge in [-0.05, 0) is 34.6 Å². The molecule has 0 aliphatic carbocycles. The van der Waals surface area contributed by atoms with E-state index in [9.17, 15) is 9.59 Å². The van der Waals surface area contributed by atoms with Gasteiger partial charge in [0.25, 0.3) is 0 Å². The molecule has 114 valence electrons. The Bertz CT molecular complexity index is 414. The number of nitrogens with one attached hydrogen (secondary N) is 1. The third-order valence-electron chi connectivity index (χ3n) is 2.87. The second-order valence-electron chi connectivity index (χ2n) is 6.40. The monoisotopic (exact) mass is 287 g/mol. The largest absolute Gasteiger partial charge is 0.461 e. The van der Waals surface area contributed by atoms with Gasteiger partial charge in [0.15, 0.2) is 11.9 Å². The fourth-order valence-corrected chi connectivity index (χ4v) is 2.20. The van der Waals surface area contributed by atoms with E-state index in [1.54, 1.807) is 34.6 Å². The molecule has 3 atom stereocenters. The quantitative estimate of drug-likeness (QED) is 0.723. The molecular formula is C13H21NO6. The number of hydrogen-bond donors (Lipinski definition) is 1. The molecule has 2 aliphatic rings. The van der Waals surface area contributed by atoms with Crippen LogP contribution in [0.2, 0.25) is 0 Å². The zero-order chi connectivity index (χ0) is 15.1. The number of hydrogen-bond acceptors (Lipinski definition) is 6. The number of esters is 1. The lowest BCUT2D eigenvalue weighted by molar-refractivity contribution is -0.169. The van der Waals surface area contributed by atoms with Crippen molar-refractivity contribution in [3.63, 3.8) is 0 Å². The Hall–Kier alpha value is -1.34. The van der Waals surface area contributed by atoms with Crippen LogP contribution in [0.3, 0.4) is 0 Å². The topological polar surface area (TPSA) is 83.1 Å². The van der Waals surface area contributed by atoms with Crippen LogP contribution in [0.15, 0.2) is 0 Å². The SMILES string of the molecule is CC(C)(C)OC(=O)NC1COC(=O)C2OC(C)(C)OC12. The summed E-state index contributed by atoms with van der Waals surface area (Å²) in [6, 6.07) is -0.491. The summed E-state index contributed by atoms with van der Waals surface area (Å²) < 4.78 is 21.4. The van der Waals surface area contributed by atoms with E-state index < -0.39 is 41.7 Å². The number of carbonyl (C=O) groups excluding carboxylic acids is 2. The molecule has 2 saturated heterocycles. The summed E-state index contributed by atoms with van der Waals surface area (Å²) in [7, 11) is 0. The van der Waals surface area contributed by atoms with Crippen molar-refractivity contribution in [3.05, 3.63) is 0 Å². The van der Waals surface area contributed by atoms with Crippen molar-refractivity contribution in [1.82, 2.24) is 5.32 Å². The minimum atomic E-state index is -0.882. The number of rotatable bonds is 1. The van der Waals surface area contributed by atoms with Crippen molar-refractivity contribution in [3.8, 4) is 0 Å². The maximum Gasteiger partial charge on any atom is 0.408 e. The van der Waals surface area contributed by atoms with Crippen molar-refractivity contribution in [1.29, 1.82) is 0 Å². The molecule has 1 amide bonds. The van der Waals surface area contributed by atoms with Crippen molar-refractivity contribution >= 4 is 12.1 Å². The van der Waals surface area contributed by atoms with E-state index in [0.29, 0.717) is 0 Å². The third-order valence-corrected chi connectivity index (χ3v) is 2.87. The van der Waals surface area contributed by atoms with Gasteiger partial charge in [-0.2, -0.15) is 0 Å². The highest BCUT2D eigenvalue weighted by Gasteiger charge is 2.53. The Morgan fingerprint density at radius 2 is 2.00 bits per heavy atom. The minimum absolute atomic E-state index is 0.0404. The normalized spacial score (nSPS) is 32.2. The Labute approximate surface area is 117 Å². The molecule has 0 aromatic rings. The second-order valence-corrected chi connectivity index (χ2v) is 6.40. The van der Waals surface area contributed by atoms with Crippen LogP contribution in [-0.2, 0) is 23.7 Å². The molecule has 0 aromatic carbocycles. The molecular weight excluding hydrogens is 266 g/mol. The Morgan fingerprint density at radius 1 is 1.35 bits per heavy atom. The maximum absolute atomic E-state index is 11.8. The van der Waals surface area contributed by atoms with E-state index in [-0.39, 0.29) is 6.61 Å². The van der Waals surface area contributed by atoms with Crippen LogP contribution in [0.1, 0.15) is 34.6 Å². The predicted octanol–water partition coefficient (Wildman–Crippen LogP) is 0.957. The summed E-state index contributed by atoms with van der Waals surface area (Å²) in [6.07, 6.45) is -1.97. The van der Waals surface area contributed by atoms with Gasteiger partial charge < -0.3 is 24.3 Å². The molecule has 0 aromatic heterocycles. The van der Waals surface area contributed by atoms with Gasteiger partial charge in [-0.25, -0.2) is 9.59 Å². The van der Waals surface area contributed by atoms with Crippen molar-refractivity contribution in [2.75, 3.05) is 6.61 Å². The van der Waals surface area contributed by atoms with Crippen LogP contribution in [0.5, 0.6) is 0 Å². The van der Waals surface area contributed by atoms with Crippen LogP contribution in [0.25, 0.3) is 0 Å². The average molecular weight is 287 g/mol. The van der Waals surface area contributed by atoms with E-state index in [1.807, 2.05) is 0 Å². The molecule has 2 rings (SSSR count). The highest BCUT2D eigenvalue weighted by Crippen LogP contribution is 2.33. The highest BCUT2D eigenvalue weighted by molar-refractivity contribution is 5.77. The Balaban J connectivity index is 2.02. The number of alkyl carbamates (subject to hydrolysis) is 1. The second kappa shape index (κ2) is 4.89. The molecule has 0 bridgehead atoms. The summed E-state index contributed by atoms with van der Waals surface area (Å²) >= 11 is 0. The van der Waals surface area contributed by atoms with Crippen LogP contribution in [0.4, 0.5) is 4.79 Å². The van der Waals surface area contributed by atoms with Gasteiger partial charge in [0.2, 0.25) is 0 Å². The van der Waals surface area contributed by atoms with E-state index in [0.717, 1.165) is 0 Å². The highest BCUT2D eigenvalue weighted by atomic mass is 16.8. The van der Waals surface area contributed by atoms with E-state index in [2.05, 4.69) is 5.32 Å². The number of amides is 1. The van der Waals surface area contributed by atoms with Gasteiger partial charge in [-0.15, -0.1) is 0 Å². The van der Waals surface area contributed by atoms with Gasteiger partial charge in [0.05, 0.1) is 6.04 Å². The first-order valence-corrected chi connectivity index (χ1v) is 6.59. The lowest BCUT2D eigenvalue weighted by Crippen LogP contribution is -2.57. The Kier molecular flexibility index (Phi) is 3.68. The zero-order valence-electron chi connectivity index (χ0n) is 12.4. The predicted molar refractivity (Wildman–Crippen MR) is 67.9 cm³/mol. The lowest BCUT2D eigenvalue weighted by Gasteiger charge is -2.31. The molecule has 0 radical (unpaired) electrons. The third kappa shape index (κ3) is 3.40. The molecule has 7 nitrogen and oxygen atoms in total. The molecule has 2 heterocycles. The summed E-state index contributed by atoms with van der Waals surface area (Å²) in [5.41, 5.74) is -0.596. The first-order valence-electron chi connectivity index (χ1n) is 6.59. The molecule has 7 heteroatoms. The molecule has 2 aliphatic heterocycles. The molecule has 20 heavy (non-hydrogen) atoms. The van der Waals surface area contributed by atoms with Gasteiger partial charge >= 0.3 is 12.1 Å². The van der Waals surface area contributed by atoms with Crippen LogP contribution >= 0.6 is 0 Å². The summed E-state index contributed by atoms with van der Waals surface area (Å²) in [6.45, 7) is 8.78. The van der Waals surface area contributed by atoms with Crippen LogP contribution in [-0.4, -0.2) is 48.3 Å². The van der Waals surface area contributed by atoms with Gasteiger partial charge in [0, 0.05) is 0 Å². The first kappa shape index (κ1) is 15.1. The number of fused-ring (bicyclic) bond motifs is 1. The van der Waals surface area contributed by atoms with Crippen LogP contribution < -0.4 is 5.32 Å². The molecule has 2 fully saturated rings. The first-order chi connectivity index (χ1) is 9.07. The minimum Gasteiger partial charge on any atom is -0.461 e. The molecule has 0 saturated carbocycles. The van der Waals surface area contributed by atoms with Gasteiger partial charge in [-0.3, -0.25) is 0 Å². The average Bonchev–Trinajstić information content (AvgIpc) is 2.56. The van der Waals surface area contributed by atoms with E-state index in [4.69, 9.17) is 18.9 Å². The maximum atomic E-state index is 11.8. The lowest BCUT2D eigenvalue weighted by atomic mass is 10.0. The molecule has 1 N–H and O–H groups in total. The summed E-state index contributed by atoms with van der Waals surface area (Å²) in [5.74, 6) is -1.35. The zero-order valence-corrected chi connectivity index (χ0v) is 12.4. The standard InChI is InChI=1S/C13H21NO6/c1-12(2,3)20-11(16)14-7-6-17-10(15)9-8(7)18-13(4,5)19-9/h7-9H,6H2,1-5H3,(H,14,16). The summed E-state index contributed by atoms with van der Waals surface area (Å²) in [5, 5.41) is 2.66. The fourth-order valence-electron chi connectivity index (χ4n) is 2.20. The number of ether oxygens (including phenoxy) is 4. The van der Waals surface area contributed by atoms with E-state index >= 15 is 0 Å². The molecule has 3 unspecified atom stereocenters. The van der Waals surface area contributed by atoms with Gasteiger partial charge in [-0.1, -0.05) is 0 Å². The van der Waals surface area contributed by atoms with Crippen molar-refractivity contribution in [2.45, 2.75) is 64.3 Å². The number of cyclic esters (lactones) is 1.